The third-order valence-corrected chi connectivity index (χ3v) is 4.66. The Hall–Kier alpha value is -1.22. The number of aliphatic carboxylic acids is 1. The van der Waals surface area contributed by atoms with Gasteiger partial charge in [0.2, 0.25) is 5.91 Å². The number of unbranched alkanes of at least 4 members (excludes halogenated alkanes) is 10. The van der Waals surface area contributed by atoms with Gasteiger partial charge in [-0.3, -0.25) is 4.79 Å². The van der Waals surface area contributed by atoms with Gasteiger partial charge in [0.25, 0.3) is 0 Å². The van der Waals surface area contributed by atoms with Crippen LogP contribution in [0.25, 0.3) is 0 Å². The van der Waals surface area contributed by atoms with Gasteiger partial charge in [0.05, 0.1) is 33.0 Å². The lowest BCUT2D eigenvalue weighted by Gasteiger charge is -2.08. The van der Waals surface area contributed by atoms with E-state index in [2.05, 4.69) is 17.0 Å². The molecule has 0 rings (SSSR count). The second kappa shape index (κ2) is 25.0. The standard InChI is InChI=1S/C23H45NO7/c1-2-3-4-5-6-7-8-9-10-11-12-14-28-16-18-30-19-17-29-15-13-24-22(25)20-31-21-23(26)27/h2-21H2,1H3,(H,24,25)(H,26,27). The van der Waals surface area contributed by atoms with E-state index in [4.69, 9.17) is 19.3 Å². The van der Waals surface area contributed by atoms with E-state index >= 15 is 0 Å². The fraction of sp³-hybridized carbons (Fsp3) is 0.913. The molecule has 8 nitrogen and oxygen atoms in total. The van der Waals surface area contributed by atoms with Crippen molar-refractivity contribution in [2.45, 2.75) is 77.6 Å². The van der Waals surface area contributed by atoms with Crippen LogP contribution in [0.15, 0.2) is 0 Å². The quantitative estimate of drug-likeness (QED) is 0.206. The number of carbonyl (C=O) groups excluding carboxylic acids is 1. The van der Waals surface area contributed by atoms with Crippen molar-refractivity contribution >= 4 is 11.9 Å². The maximum absolute atomic E-state index is 11.3. The molecular formula is C23H45NO7. The summed E-state index contributed by atoms with van der Waals surface area (Å²) in [5.41, 5.74) is 0. The van der Waals surface area contributed by atoms with Gasteiger partial charge in [-0.1, -0.05) is 71.1 Å². The van der Waals surface area contributed by atoms with Crippen molar-refractivity contribution in [2.75, 3.05) is 59.4 Å². The highest BCUT2D eigenvalue weighted by molar-refractivity contribution is 5.77. The van der Waals surface area contributed by atoms with Gasteiger partial charge in [-0.2, -0.15) is 0 Å². The molecule has 31 heavy (non-hydrogen) atoms. The Balaban J connectivity index is 3.09. The molecule has 0 aromatic carbocycles. The zero-order chi connectivity index (χ0) is 22.8. The first kappa shape index (κ1) is 29.8. The summed E-state index contributed by atoms with van der Waals surface area (Å²) in [6.07, 6.45) is 14.7. The first-order chi connectivity index (χ1) is 15.2. The molecule has 0 heterocycles. The smallest absolute Gasteiger partial charge is 0.329 e. The van der Waals surface area contributed by atoms with E-state index in [0.29, 0.717) is 39.6 Å². The summed E-state index contributed by atoms with van der Waals surface area (Å²) in [5.74, 6) is -1.47. The van der Waals surface area contributed by atoms with Crippen LogP contribution in [0.1, 0.15) is 77.6 Å². The number of nitrogens with one attached hydrogen (secondary N) is 1. The number of carboxylic acids is 1. The number of hydrogen-bond acceptors (Lipinski definition) is 6. The fourth-order valence-corrected chi connectivity index (χ4v) is 2.95. The molecule has 2 N–H and O–H groups in total. The molecular weight excluding hydrogens is 402 g/mol. The molecule has 184 valence electrons. The average molecular weight is 448 g/mol. The Labute approximate surface area is 188 Å². The Morgan fingerprint density at radius 2 is 1.10 bits per heavy atom. The summed E-state index contributed by atoms with van der Waals surface area (Å²) in [7, 11) is 0. The monoisotopic (exact) mass is 447 g/mol. The van der Waals surface area contributed by atoms with Crippen molar-refractivity contribution in [1.29, 1.82) is 0 Å². The molecule has 0 saturated carbocycles. The summed E-state index contributed by atoms with van der Waals surface area (Å²) in [5, 5.41) is 11.0. The molecule has 0 aliphatic carbocycles. The average Bonchev–Trinajstić information content (AvgIpc) is 2.74. The fourth-order valence-electron chi connectivity index (χ4n) is 2.95. The molecule has 0 aromatic rings. The highest BCUT2D eigenvalue weighted by atomic mass is 16.5. The lowest BCUT2D eigenvalue weighted by Crippen LogP contribution is -2.31. The molecule has 1 amide bonds. The Morgan fingerprint density at radius 3 is 1.65 bits per heavy atom. The SMILES string of the molecule is CCCCCCCCCCCCCOCCOCCOCCNC(=O)COCC(=O)O. The van der Waals surface area contributed by atoms with Crippen molar-refractivity contribution in [3.05, 3.63) is 0 Å². The predicted octanol–water partition coefficient (Wildman–Crippen LogP) is 3.56. The number of hydrogen-bond donors (Lipinski definition) is 2. The highest BCUT2D eigenvalue weighted by Gasteiger charge is 2.03. The van der Waals surface area contributed by atoms with Crippen LogP contribution < -0.4 is 5.32 Å². The number of amides is 1. The van der Waals surface area contributed by atoms with Gasteiger partial charge in [0.1, 0.15) is 13.2 Å². The van der Waals surface area contributed by atoms with E-state index in [9.17, 15) is 9.59 Å². The van der Waals surface area contributed by atoms with E-state index in [1.165, 1.54) is 64.2 Å². The second-order valence-corrected chi connectivity index (χ2v) is 7.61. The van der Waals surface area contributed by atoms with Crippen molar-refractivity contribution in [2.24, 2.45) is 0 Å². The summed E-state index contributed by atoms with van der Waals surface area (Å²) in [6, 6.07) is 0. The van der Waals surface area contributed by atoms with Crippen molar-refractivity contribution in [3.8, 4) is 0 Å². The molecule has 0 aromatic heterocycles. The lowest BCUT2D eigenvalue weighted by atomic mass is 10.1. The van der Waals surface area contributed by atoms with Crippen molar-refractivity contribution in [3.63, 3.8) is 0 Å². The third-order valence-electron chi connectivity index (χ3n) is 4.66. The molecule has 0 aliphatic rings. The minimum atomic E-state index is -1.10. The summed E-state index contributed by atoms with van der Waals surface area (Å²) < 4.78 is 21.0. The van der Waals surface area contributed by atoms with Crippen LogP contribution in [0.3, 0.4) is 0 Å². The van der Waals surface area contributed by atoms with Crippen LogP contribution in [0.4, 0.5) is 0 Å². The minimum absolute atomic E-state index is 0.269. The first-order valence-electron chi connectivity index (χ1n) is 12.0. The van der Waals surface area contributed by atoms with Gasteiger partial charge in [-0.25, -0.2) is 4.79 Å². The highest BCUT2D eigenvalue weighted by Crippen LogP contribution is 2.11. The molecule has 8 heteroatoms. The number of ether oxygens (including phenoxy) is 4. The molecule has 0 radical (unpaired) electrons. The van der Waals surface area contributed by atoms with Gasteiger partial charge in [-0.15, -0.1) is 0 Å². The van der Waals surface area contributed by atoms with Crippen LogP contribution in [-0.2, 0) is 28.5 Å². The summed E-state index contributed by atoms with van der Waals surface area (Å²) >= 11 is 0. The second-order valence-electron chi connectivity index (χ2n) is 7.61. The van der Waals surface area contributed by atoms with Crippen molar-refractivity contribution in [1.82, 2.24) is 5.32 Å². The van der Waals surface area contributed by atoms with Crippen LogP contribution in [0, 0.1) is 0 Å². The Morgan fingerprint density at radius 1 is 0.613 bits per heavy atom. The van der Waals surface area contributed by atoms with Crippen LogP contribution in [-0.4, -0.2) is 76.4 Å². The molecule has 0 fully saturated rings. The van der Waals surface area contributed by atoms with Gasteiger partial charge in [0, 0.05) is 13.2 Å². The zero-order valence-corrected chi connectivity index (χ0v) is 19.5. The number of carboxylic acid groups (broad SMARTS) is 1. The number of carbonyl (C=O) groups is 2. The van der Waals surface area contributed by atoms with Crippen molar-refractivity contribution < 1.29 is 33.6 Å². The molecule has 0 atom stereocenters. The normalized spacial score (nSPS) is 11.0. The summed E-state index contributed by atoms with van der Waals surface area (Å²) in [4.78, 5) is 21.5. The molecule has 0 saturated heterocycles. The van der Waals surface area contributed by atoms with Crippen LogP contribution in [0.5, 0.6) is 0 Å². The first-order valence-corrected chi connectivity index (χ1v) is 12.0. The lowest BCUT2D eigenvalue weighted by molar-refractivity contribution is -0.143. The maximum Gasteiger partial charge on any atom is 0.329 e. The molecule has 0 unspecified atom stereocenters. The van der Waals surface area contributed by atoms with E-state index < -0.39 is 12.6 Å². The van der Waals surface area contributed by atoms with E-state index in [1.807, 2.05) is 0 Å². The zero-order valence-electron chi connectivity index (χ0n) is 19.5. The number of rotatable bonds is 25. The summed E-state index contributed by atoms with van der Waals surface area (Å²) in [6.45, 7) is 5.10. The largest absolute Gasteiger partial charge is 0.480 e. The van der Waals surface area contributed by atoms with Gasteiger partial charge in [0.15, 0.2) is 0 Å². The van der Waals surface area contributed by atoms with Crippen LogP contribution >= 0.6 is 0 Å². The van der Waals surface area contributed by atoms with Gasteiger partial charge in [-0.05, 0) is 6.42 Å². The van der Waals surface area contributed by atoms with Gasteiger partial charge >= 0.3 is 5.97 Å². The predicted molar refractivity (Wildman–Crippen MR) is 120 cm³/mol. The minimum Gasteiger partial charge on any atom is -0.480 e. The van der Waals surface area contributed by atoms with E-state index in [-0.39, 0.29) is 12.5 Å². The van der Waals surface area contributed by atoms with E-state index in [0.717, 1.165) is 13.0 Å². The van der Waals surface area contributed by atoms with Gasteiger partial charge < -0.3 is 29.4 Å². The van der Waals surface area contributed by atoms with Crippen LogP contribution in [0.2, 0.25) is 0 Å². The Bertz CT molecular complexity index is 407. The topological polar surface area (TPSA) is 103 Å². The maximum atomic E-state index is 11.3. The Kier molecular flexibility index (Phi) is 24.1. The third kappa shape index (κ3) is 26.7. The van der Waals surface area contributed by atoms with E-state index in [1.54, 1.807) is 0 Å². The molecule has 0 spiro atoms. The molecule has 0 bridgehead atoms. The molecule has 0 aliphatic heterocycles.